The van der Waals surface area contributed by atoms with Crippen LogP contribution in [-0.4, -0.2) is 44.1 Å². The van der Waals surface area contributed by atoms with E-state index in [2.05, 4.69) is 15.0 Å². The number of amides is 1. The molecular weight excluding hydrogens is 234 g/mol. The first-order valence-corrected chi connectivity index (χ1v) is 5.47. The van der Waals surface area contributed by atoms with Crippen LogP contribution in [0.5, 0.6) is 0 Å². The van der Waals surface area contributed by atoms with Crippen molar-refractivity contribution in [3.8, 4) is 0 Å². The van der Waals surface area contributed by atoms with Crippen molar-refractivity contribution in [1.29, 1.82) is 0 Å². The summed E-state index contributed by atoms with van der Waals surface area (Å²) in [6.45, 7) is 1.56. The smallest absolute Gasteiger partial charge is 0.328 e. The van der Waals surface area contributed by atoms with Crippen LogP contribution in [0.4, 0.5) is 5.82 Å². The maximum absolute atomic E-state index is 11.8. The number of ether oxygens (including phenoxy) is 1. The van der Waals surface area contributed by atoms with Crippen LogP contribution >= 0.6 is 0 Å². The average molecular weight is 251 g/mol. The van der Waals surface area contributed by atoms with E-state index in [4.69, 9.17) is 0 Å². The SMILES string of the molecule is COC(=O)[C@H](C)NC(=O)c1ccc(N(C)C)nc1. The topological polar surface area (TPSA) is 71.5 Å². The number of hydrogen-bond acceptors (Lipinski definition) is 5. The highest BCUT2D eigenvalue weighted by atomic mass is 16.5. The Bertz CT molecular complexity index is 429. The summed E-state index contributed by atoms with van der Waals surface area (Å²) in [6, 6.07) is 2.70. The van der Waals surface area contributed by atoms with Gasteiger partial charge in [0.15, 0.2) is 0 Å². The molecule has 0 aliphatic carbocycles. The molecule has 0 aromatic carbocycles. The number of nitrogens with one attached hydrogen (secondary N) is 1. The van der Waals surface area contributed by atoms with E-state index in [1.807, 2.05) is 19.0 Å². The maximum Gasteiger partial charge on any atom is 0.328 e. The molecule has 0 bridgehead atoms. The predicted molar refractivity (Wildman–Crippen MR) is 67.5 cm³/mol. The predicted octanol–water partition coefficient (Wildman–Crippen LogP) is 0.439. The first-order valence-electron chi connectivity index (χ1n) is 5.47. The lowest BCUT2D eigenvalue weighted by Crippen LogP contribution is -2.39. The number of esters is 1. The van der Waals surface area contributed by atoms with Gasteiger partial charge >= 0.3 is 5.97 Å². The molecule has 6 nitrogen and oxygen atoms in total. The fraction of sp³-hybridized carbons (Fsp3) is 0.417. The van der Waals surface area contributed by atoms with Gasteiger partial charge in [-0.05, 0) is 19.1 Å². The summed E-state index contributed by atoms with van der Waals surface area (Å²) in [5, 5.41) is 2.53. The van der Waals surface area contributed by atoms with E-state index in [-0.39, 0.29) is 5.91 Å². The van der Waals surface area contributed by atoms with Crippen LogP contribution in [0.15, 0.2) is 18.3 Å². The van der Waals surface area contributed by atoms with Crippen LogP contribution in [0, 0.1) is 0 Å². The van der Waals surface area contributed by atoms with Crippen LogP contribution in [0.25, 0.3) is 0 Å². The minimum atomic E-state index is -0.684. The monoisotopic (exact) mass is 251 g/mol. The van der Waals surface area contributed by atoms with Gasteiger partial charge in [0.1, 0.15) is 11.9 Å². The van der Waals surface area contributed by atoms with E-state index in [0.29, 0.717) is 5.56 Å². The Morgan fingerprint density at radius 3 is 2.50 bits per heavy atom. The van der Waals surface area contributed by atoms with Crippen molar-refractivity contribution in [2.24, 2.45) is 0 Å². The lowest BCUT2D eigenvalue weighted by atomic mass is 10.2. The number of carbonyl (C=O) groups is 2. The third kappa shape index (κ3) is 3.44. The van der Waals surface area contributed by atoms with Crippen LogP contribution in [0.1, 0.15) is 17.3 Å². The highest BCUT2D eigenvalue weighted by Gasteiger charge is 2.16. The molecule has 6 heteroatoms. The lowest BCUT2D eigenvalue weighted by Gasteiger charge is -2.13. The third-order valence-corrected chi connectivity index (χ3v) is 2.37. The fourth-order valence-corrected chi connectivity index (χ4v) is 1.30. The molecule has 1 heterocycles. The van der Waals surface area contributed by atoms with E-state index in [1.165, 1.54) is 13.3 Å². The number of rotatable bonds is 4. The number of methoxy groups -OCH3 is 1. The Labute approximate surface area is 106 Å². The molecular formula is C12H17N3O3. The molecule has 0 saturated heterocycles. The largest absolute Gasteiger partial charge is 0.467 e. The summed E-state index contributed by atoms with van der Waals surface area (Å²) >= 11 is 0. The summed E-state index contributed by atoms with van der Waals surface area (Å²) in [4.78, 5) is 28.9. The Kier molecular flexibility index (Phi) is 4.65. The molecule has 0 unspecified atom stereocenters. The van der Waals surface area contributed by atoms with E-state index >= 15 is 0 Å². The zero-order chi connectivity index (χ0) is 13.7. The molecule has 0 fully saturated rings. The van der Waals surface area contributed by atoms with Gasteiger partial charge in [-0.2, -0.15) is 0 Å². The lowest BCUT2D eigenvalue weighted by molar-refractivity contribution is -0.142. The van der Waals surface area contributed by atoms with E-state index in [9.17, 15) is 9.59 Å². The van der Waals surface area contributed by atoms with Crippen LogP contribution in [0.2, 0.25) is 0 Å². The molecule has 1 amide bonds. The second-order valence-electron chi connectivity index (χ2n) is 4.02. The van der Waals surface area contributed by atoms with Gasteiger partial charge in [-0.25, -0.2) is 9.78 Å². The van der Waals surface area contributed by atoms with E-state index < -0.39 is 12.0 Å². The Hall–Kier alpha value is -2.11. The van der Waals surface area contributed by atoms with Gasteiger partial charge in [-0.1, -0.05) is 0 Å². The Morgan fingerprint density at radius 2 is 2.06 bits per heavy atom. The van der Waals surface area contributed by atoms with Crippen molar-refractivity contribution in [2.75, 3.05) is 26.1 Å². The molecule has 98 valence electrons. The second kappa shape index (κ2) is 6.00. The summed E-state index contributed by atoms with van der Waals surface area (Å²) in [7, 11) is 5.00. The summed E-state index contributed by atoms with van der Waals surface area (Å²) in [5.41, 5.74) is 0.399. The number of pyridine rings is 1. The zero-order valence-electron chi connectivity index (χ0n) is 10.9. The number of aromatic nitrogens is 1. The quantitative estimate of drug-likeness (QED) is 0.786. The highest BCUT2D eigenvalue weighted by molar-refractivity contribution is 5.96. The minimum Gasteiger partial charge on any atom is -0.467 e. The van der Waals surface area contributed by atoms with Gasteiger partial charge < -0.3 is 15.0 Å². The van der Waals surface area contributed by atoms with Crippen LogP contribution < -0.4 is 10.2 Å². The van der Waals surface area contributed by atoms with Crippen LogP contribution in [0.3, 0.4) is 0 Å². The zero-order valence-corrected chi connectivity index (χ0v) is 10.9. The van der Waals surface area contributed by atoms with Gasteiger partial charge in [0.2, 0.25) is 0 Å². The van der Waals surface area contributed by atoms with Crippen molar-refractivity contribution in [1.82, 2.24) is 10.3 Å². The third-order valence-electron chi connectivity index (χ3n) is 2.37. The molecule has 0 aliphatic rings. The van der Waals surface area contributed by atoms with Crippen molar-refractivity contribution < 1.29 is 14.3 Å². The Balaban J connectivity index is 2.70. The fourth-order valence-electron chi connectivity index (χ4n) is 1.30. The molecule has 18 heavy (non-hydrogen) atoms. The first kappa shape index (κ1) is 14.0. The molecule has 0 radical (unpaired) electrons. The summed E-state index contributed by atoms with van der Waals surface area (Å²) in [6.07, 6.45) is 1.47. The van der Waals surface area contributed by atoms with Crippen molar-refractivity contribution in [3.63, 3.8) is 0 Å². The molecule has 1 aromatic rings. The standard InChI is InChI=1S/C12H17N3O3/c1-8(12(17)18-4)14-11(16)9-5-6-10(13-7-9)15(2)3/h5-8H,1-4H3,(H,14,16)/t8-/m0/s1. The van der Waals surface area contributed by atoms with Gasteiger partial charge in [0, 0.05) is 20.3 Å². The molecule has 1 aromatic heterocycles. The van der Waals surface area contributed by atoms with Gasteiger partial charge in [0.05, 0.1) is 12.7 Å². The molecule has 1 atom stereocenters. The maximum atomic E-state index is 11.8. The highest BCUT2D eigenvalue weighted by Crippen LogP contribution is 2.07. The van der Waals surface area contributed by atoms with E-state index in [1.54, 1.807) is 19.1 Å². The number of hydrogen-bond donors (Lipinski definition) is 1. The van der Waals surface area contributed by atoms with Crippen molar-refractivity contribution in [3.05, 3.63) is 23.9 Å². The normalized spacial score (nSPS) is 11.6. The molecule has 0 aliphatic heterocycles. The average Bonchev–Trinajstić information content (AvgIpc) is 2.37. The van der Waals surface area contributed by atoms with Gasteiger partial charge in [0.25, 0.3) is 5.91 Å². The Morgan fingerprint density at radius 1 is 1.39 bits per heavy atom. The summed E-state index contributed by atoms with van der Waals surface area (Å²) in [5.74, 6) is -0.0838. The van der Waals surface area contributed by atoms with Crippen LogP contribution in [-0.2, 0) is 9.53 Å². The molecule has 0 spiro atoms. The second-order valence-corrected chi connectivity index (χ2v) is 4.02. The molecule has 0 saturated carbocycles. The molecule has 1 N–H and O–H groups in total. The first-order chi connectivity index (χ1) is 8.45. The van der Waals surface area contributed by atoms with Gasteiger partial charge in [-0.15, -0.1) is 0 Å². The molecule has 1 rings (SSSR count). The summed E-state index contributed by atoms with van der Waals surface area (Å²) < 4.78 is 4.52. The van der Waals surface area contributed by atoms with E-state index in [0.717, 1.165) is 5.82 Å². The number of nitrogens with zero attached hydrogens (tertiary/aromatic N) is 2. The number of anilines is 1. The van der Waals surface area contributed by atoms with Crippen molar-refractivity contribution in [2.45, 2.75) is 13.0 Å². The van der Waals surface area contributed by atoms with Crippen molar-refractivity contribution >= 4 is 17.7 Å². The minimum absolute atomic E-state index is 0.356. The number of carbonyl (C=O) groups excluding carboxylic acids is 2. The van der Waals surface area contributed by atoms with Gasteiger partial charge in [-0.3, -0.25) is 4.79 Å².